The van der Waals surface area contributed by atoms with E-state index in [1.54, 1.807) is 21.3 Å². The quantitative estimate of drug-likeness (QED) is 0.167. The molecule has 0 aliphatic carbocycles. The highest BCUT2D eigenvalue weighted by Gasteiger charge is 2.34. The number of rotatable bonds is 24. The van der Waals surface area contributed by atoms with Gasteiger partial charge in [0.2, 0.25) is 0 Å². The maximum Gasteiger partial charge on any atom is 0.329 e. The van der Waals surface area contributed by atoms with E-state index in [0.717, 1.165) is 19.3 Å². The lowest BCUT2D eigenvalue weighted by molar-refractivity contribution is -0.0932. The molecule has 184 valence electrons. The first-order valence-corrected chi connectivity index (χ1v) is 11.6. The molecule has 1 unspecified atom stereocenters. The van der Waals surface area contributed by atoms with Gasteiger partial charge in [0.05, 0.1) is 50.9 Å². The van der Waals surface area contributed by atoms with Gasteiger partial charge in [-0.15, -0.1) is 0 Å². The molecule has 0 aromatic carbocycles. The molecule has 0 saturated heterocycles. The molecule has 10 nitrogen and oxygen atoms in total. The minimum Gasteiger partial charge on any atom is -0.385 e. The first-order chi connectivity index (χ1) is 15.1. The summed E-state index contributed by atoms with van der Waals surface area (Å²) in [5.74, 6) is 0. The molecule has 0 radical (unpaired) electrons. The Labute approximate surface area is 188 Å². The molecular weight excluding hydrogens is 429 g/mol. The van der Waals surface area contributed by atoms with Crippen molar-refractivity contribution >= 4 is 8.60 Å². The van der Waals surface area contributed by atoms with Gasteiger partial charge in [0, 0.05) is 61.0 Å². The molecule has 1 atom stereocenters. The zero-order chi connectivity index (χ0) is 23.0. The molecule has 0 saturated carbocycles. The number of nitriles is 1. The topological polar surface area (TPSA) is 118 Å². The van der Waals surface area contributed by atoms with Crippen LogP contribution in [0.4, 0.5) is 0 Å². The Morgan fingerprint density at radius 2 is 1.13 bits per heavy atom. The molecule has 0 aromatic heterocycles. The molecule has 31 heavy (non-hydrogen) atoms. The van der Waals surface area contributed by atoms with Gasteiger partial charge in [-0.1, -0.05) is 0 Å². The molecule has 1 N–H and O–H groups in total. The Hall–Kier alpha value is -0.440. The lowest BCUT2D eigenvalue weighted by Gasteiger charge is -2.33. The second kappa shape index (κ2) is 22.7. The van der Waals surface area contributed by atoms with Crippen molar-refractivity contribution in [2.45, 2.75) is 25.7 Å². The Bertz CT molecular complexity index is 390. The van der Waals surface area contributed by atoms with Gasteiger partial charge in [-0.3, -0.25) is 0 Å². The van der Waals surface area contributed by atoms with Gasteiger partial charge < -0.3 is 42.4 Å². The van der Waals surface area contributed by atoms with Crippen LogP contribution in [0.25, 0.3) is 0 Å². The van der Waals surface area contributed by atoms with Gasteiger partial charge in [0.15, 0.2) is 0 Å². The zero-order valence-electron chi connectivity index (χ0n) is 19.2. The molecule has 0 heterocycles. The largest absolute Gasteiger partial charge is 0.385 e. The monoisotopic (exact) mass is 469 g/mol. The summed E-state index contributed by atoms with van der Waals surface area (Å²) in [5, 5.41) is 8.59. The molecule has 0 amide bonds. The highest BCUT2D eigenvalue weighted by Crippen LogP contribution is 2.36. The van der Waals surface area contributed by atoms with E-state index in [1.807, 2.05) is 6.07 Å². The average Bonchev–Trinajstić information content (AvgIpc) is 2.77. The lowest BCUT2D eigenvalue weighted by atomic mass is 9.92. The van der Waals surface area contributed by atoms with Gasteiger partial charge in [-0.2, -0.15) is 5.26 Å². The van der Waals surface area contributed by atoms with E-state index < -0.39 is 14.0 Å². The maximum absolute atomic E-state index is 10.0. The molecule has 0 rings (SSSR count). The van der Waals surface area contributed by atoms with Gasteiger partial charge in [0.1, 0.15) is 0 Å². The Morgan fingerprint density at radius 1 is 0.677 bits per heavy atom. The third kappa shape index (κ3) is 18.8. The Balaban J connectivity index is 4.89. The molecule has 0 fully saturated rings. The van der Waals surface area contributed by atoms with E-state index in [9.17, 15) is 4.89 Å². The third-order valence-electron chi connectivity index (χ3n) is 4.03. The van der Waals surface area contributed by atoms with Crippen LogP contribution in [0.3, 0.4) is 0 Å². The van der Waals surface area contributed by atoms with E-state index in [-0.39, 0.29) is 19.6 Å². The Kier molecular flexibility index (Phi) is 22.4. The van der Waals surface area contributed by atoms with E-state index in [0.29, 0.717) is 59.5 Å². The van der Waals surface area contributed by atoms with Gasteiger partial charge in [0.25, 0.3) is 0 Å². The van der Waals surface area contributed by atoms with Crippen molar-refractivity contribution in [3.05, 3.63) is 0 Å². The number of ether oxygens (including phenoxy) is 6. The molecule has 0 aliphatic rings. The summed E-state index contributed by atoms with van der Waals surface area (Å²) in [6.45, 7) is 4.62. The van der Waals surface area contributed by atoms with E-state index in [2.05, 4.69) is 0 Å². The van der Waals surface area contributed by atoms with Crippen LogP contribution in [0.2, 0.25) is 0 Å². The number of hydrogen-bond acceptors (Lipinski definition) is 10. The lowest BCUT2D eigenvalue weighted by Crippen LogP contribution is -2.41. The summed E-state index contributed by atoms with van der Waals surface area (Å²) < 4.78 is 43.5. The molecule has 0 bridgehead atoms. The fourth-order valence-corrected chi connectivity index (χ4v) is 3.14. The van der Waals surface area contributed by atoms with Crippen LogP contribution in [0.1, 0.15) is 25.7 Å². The van der Waals surface area contributed by atoms with Crippen molar-refractivity contribution in [2.24, 2.45) is 5.41 Å². The maximum atomic E-state index is 10.0. The highest BCUT2D eigenvalue weighted by atomic mass is 31.2. The summed E-state index contributed by atoms with van der Waals surface area (Å²) in [6.07, 6.45) is 2.48. The first-order valence-electron chi connectivity index (χ1n) is 10.5. The fraction of sp³-hybridized carbons (Fsp3) is 0.950. The van der Waals surface area contributed by atoms with Gasteiger partial charge in [-0.25, -0.2) is 0 Å². The van der Waals surface area contributed by atoms with Crippen molar-refractivity contribution in [1.82, 2.24) is 0 Å². The van der Waals surface area contributed by atoms with Crippen molar-refractivity contribution in [2.75, 3.05) is 94.0 Å². The SMILES string of the molecule is COCCCOCC(COCCCOC)(COCCCOC)COP(O)OCCC#N. The molecule has 11 heteroatoms. The van der Waals surface area contributed by atoms with Crippen LogP contribution in [0, 0.1) is 16.7 Å². The number of nitrogens with zero attached hydrogens (tertiary/aromatic N) is 1. The second-order valence-electron chi connectivity index (χ2n) is 6.95. The first kappa shape index (κ1) is 30.6. The van der Waals surface area contributed by atoms with Gasteiger partial charge in [-0.05, 0) is 19.3 Å². The van der Waals surface area contributed by atoms with Gasteiger partial charge >= 0.3 is 8.60 Å². The van der Waals surface area contributed by atoms with Crippen LogP contribution in [-0.2, 0) is 37.5 Å². The summed E-state index contributed by atoms with van der Waals surface area (Å²) >= 11 is 0. The number of hydrogen-bond donors (Lipinski definition) is 1. The minimum absolute atomic E-state index is 0.111. The van der Waals surface area contributed by atoms with Crippen LogP contribution < -0.4 is 0 Å². The molecule has 0 aliphatic heterocycles. The van der Waals surface area contributed by atoms with Crippen molar-refractivity contribution in [3.8, 4) is 6.07 Å². The molecule has 0 spiro atoms. The minimum atomic E-state index is -2.11. The Morgan fingerprint density at radius 3 is 1.52 bits per heavy atom. The van der Waals surface area contributed by atoms with E-state index in [1.165, 1.54) is 0 Å². The summed E-state index contributed by atoms with van der Waals surface area (Å²) in [7, 11) is 2.84. The molecular formula is C20H40NO9P. The van der Waals surface area contributed by atoms with Crippen molar-refractivity contribution < 1.29 is 42.4 Å². The predicted octanol–water partition coefficient (Wildman–Crippen LogP) is 2.30. The highest BCUT2D eigenvalue weighted by molar-refractivity contribution is 7.40. The van der Waals surface area contributed by atoms with Crippen LogP contribution in [0.5, 0.6) is 0 Å². The summed E-state index contributed by atoms with van der Waals surface area (Å²) in [5.41, 5.74) is -0.630. The van der Waals surface area contributed by atoms with Crippen molar-refractivity contribution in [3.63, 3.8) is 0 Å². The number of methoxy groups -OCH3 is 3. The smallest absolute Gasteiger partial charge is 0.329 e. The summed E-state index contributed by atoms with van der Waals surface area (Å²) in [4.78, 5) is 10.0. The average molecular weight is 470 g/mol. The van der Waals surface area contributed by atoms with Crippen LogP contribution in [-0.4, -0.2) is 98.9 Å². The van der Waals surface area contributed by atoms with Crippen LogP contribution >= 0.6 is 8.60 Å². The zero-order valence-corrected chi connectivity index (χ0v) is 20.1. The standard InChI is InChI=1S/C20H40NO9P/c1-23-9-5-12-26-16-20(17-27-13-6-10-24-2,18-28-14-7-11-25-3)19-30-31(22)29-15-4-8-21/h22H,4-7,9-19H2,1-3H3. The van der Waals surface area contributed by atoms with E-state index >= 15 is 0 Å². The molecule has 0 aromatic rings. The van der Waals surface area contributed by atoms with E-state index in [4.69, 9.17) is 42.7 Å². The summed E-state index contributed by atoms with van der Waals surface area (Å²) in [6, 6.07) is 1.96. The van der Waals surface area contributed by atoms with Crippen molar-refractivity contribution in [1.29, 1.82) is 5.26 Å². The van der Waals surface area contributed by atoms with Crippen LogP contribution in [0.15, 0.2) is 0 Å². The fourth-order valence-electron chi connectivity index (χ4n) is 2.43. The normalized spacial score (nSPS) is 12.7. The third-order valence-corrected chi connectivity index (χ3v) is 4.79. The second-order valence-corrected chi connectivity index (χ2v) is 7.94. The predicted molar refractivity (Wildman–Crippen MR) is 116 cm³/mol.